The number of carboxylic acid groups (broad SMARTS) is 1. The second kappa shape index (κ2) is 7.06. The molecular weight excluding hydrogens is 275 g/mol. The van der Waals surface area contributed by atoms with Crippen LogP contribution in [-0.2, 0) is 11.2 Å². The smallest absolute Gasteiger partial charge is 0.317 e. The molecule has 1 saturated heterocycles. The molecule has 114 valence electrons. The van der Waals surface area contributed by atoms with E-state index in [-0.39, 0.29) is 18.4 Å². The van der Waals surface area contributed by atoms with Gasteiger partial charge in [-0.05, 0) is 30.9 Å². The molecule has 5 nitrogen and oxygen atoms in total. The number of nitrogens with zero attached hydrogens (tertiary/aromatic N) is 1. The summed E-state index contributed by atoms with van der Waals surface area (Å²) in [4.78, 5) is 24.4. The number of carboxylic acids is 1. The van der Waals surface area contributed by atoms with Crippen molar-refractivity contribution < 1.29 is 19.1 Å². The van der Waals surface area contributed by atoms with E-state index in [2.05, 4.69) is 5.32 Å². The zero-order valence-electron chi connectivity index (χ0n) is 11.7. The molecule has 0 aliphatic carbocycles. The van der Waals surface area contributed by atoms with Crippen LogP contribution in [0, 0.1) is 11.7 Å². The van der Waals surface area contributed by atoms with E-state index in [1.54, 1.807) is 18.2 Å². The average molecular weight is 294 g/mol. The molecule has 0 spiro atoms. The normalized spacial score (nSPS) is 18.3. The first-order chi connectivity index (χ1) is 10.1. The Balaban J connectivity index is 1.79. The molecular formula is C15H19FN2O3. The van der Waals surface area contributed by atoms with Crippen molar-refractivity contribution in [3.63, 3.8) is 0 Å². The van der Waals surface area contributed by atoms with Gasteiger partial charge >= 0.3 is 12.0 Å². The number of hydrogen-bond acceptors (Lipinski definition) is 2. The van der Waals surface area contributed by atoms with E-state index in [4.69, 9.17) is 5.11 Å². The van der Waals surface area contributed by atoms with Crippen molar-refractivity contribution in [3.05, 3.63) is 35.6 Å². The highest BCUT2D eigenvalue weighted by atomic mass is 19.1. The van der Waals surface area contributed by atoms with E-state index in [9.17, 15) is 14.0 Å². The number of carbonyl (C=O) groups excluding carboxylic acids is 1. The quantitative estimate of drug-likeness (QED) is 0.890. The van der Waals surface area contributed by atoms with Crippen LogP contribution in [0.15, 0.2) is 24.3 Å². The topological polar surface area (TPSA) is 69.6 Å². The molecule has 0 bridgehead atoms. The van der Waals surface area contributed by atoms with Crippen LogP contribution in [-0.4, -0.2) is 41.6 Å². The van der Waals surface area contributed by atoms with Gasteiger partial charge in [0.2, 0.25) is 0 Å². The lowest BCUT2D eigenvalue weighted by Gasteiger charge is -2.30. The molecule has 0 aromatic heterocycles. The Morgan fingerprint density at radius 2 is 2.14 bits per heavy atom. The molecule has 0 saturated carbocycles. The highest BCUT2D eigenvalue weighted by Gasteiger charge is 2.27. The molecule has 1 aliphatic heterocycles. The van der Waals surface area contributed by atoms with Crippen LogP contribution in [0.25, 0.3) is 0 Å². The fraction of sp³-hybridized carbons (Fsp3) is 0.467. The number of carbonyl (C=O) groups is 2. The summed E-state index contributed by atoms with van der Waals surface area (Å²) < 4.78 is 13.4. The van der Waals surface area contributed by atoms with Gasteiger partial charge in [-0.25, -0.2) is 9.18 Å². The predicted molar refractivity (Wildman–Crippen MR) is 75.4 cm³/mol. The first-order valence-electron chi connectivity index (χ1n) is 7.07. The molecule has 1 heterocycles. The minimum Gasteiger partial charge on any atom is -0.481 e. The van der Waals surface area contributed by atoms with Crippen molar-refractivity contribution in [1.82, 2.24) is 10.2 Å². The molecule has 21 heavy (non-hydrogen) atoms. The number of benzene rings is 1. The SMILES string of the molecule is O=C(O)[C@H]1CCCN(C(=O)NCCc2ccccc2F)C1. The van der Waals surface area contributed by atoms with Gasteiger partial charge in [0, 0.05) is 19.6 Å². The summed E-state index contributed by atoms with van der Waals surface area (Å²) >= 11 is 0. The number of halogens is 1. The van der Waals surface area contributed by atoms with E-state index in [0.717, 1.165) is 0 Å². The van der Waals surface area contributed by atoms with Crippen molar-refractivity contribution in [3.8, 4) is 0 Å². The second-order valence-electron chi connectivity index (χ2n) is 5.20. The highest BCUT2D eigenvalue weighted by molar-refractivity contribution is 5.76. The summed E-state index contributed by atoms with van der Waals surface area (Å²) in [5.41, 5.74) is 0.555. The Morgan fingerprint density at radius 1 is 1.38 bits per heavy atom. The summed E-state index contributed by atoms with van der Waals surface area (Å²) in [6, 6.07) is 6.17. The minimum absolute atomic E-state index is 0.237. The first kappa shape index (κ1) is 15.3. The van der Waals surface area contributed by atoms with Gasteiger partial charge in [0.15, 0.2) is 0 Å². The van der Waals surface area contributed by atoms with Crippen molar-refractivity contribution >= 4 is 12.0 Å². The van der Waals surface area contributed by atoms with Crippen LogP contribution in [0.3, 0.4) is 0 Å². The van der Waals surface area contributed by atoms with Crippen LogP contribution in [0.2, 0.25) is 0 Å². The maximum absolute atomic E-state index is 13.4. The van der Waals surface area contributed by atoms with Crippen molar-refractivity contribution in [2.24, 2.45) is 5.92 Å². The molecule has 0 radical (unpaired) electrons. The Morgan fingerprint density at radius 3 is 2.86 bits per heavy atom. The number of rotatable bonds is 4. The van der Waals surface area contributed by atoms with Gasteiger partial charge in [-0.2, -0.15) is 0 Å². The Bertz CT molecular complexity index is 521. The molecule has 0 unspecified atom stereocenters. The van der Waals surface area contributed by atoms with Crippen LogP contribution < -0.4 is 5.32 Å². The average Bonchev–Trinajstić information content (AvgIpc) is 2.49. The zero-order valence-corrected chi connectivity index (χ0v) is 11.7. The molecule has 6 heteroatoms. The summed E-state index contributed by atoms with van der Waals surface area (Å²) in [7, 11) is 0. The number of urea groups is 1. The van der Waals surface area contributed by atoms with Gasteiger partial charge < -0.3 is 15.3 Å². The molecule has 1 atom stereocenters. The number of hydrogen-bond donors (Lipinski definition) is 2. The van der Waals surface area contributed by atoms with E-state index in [1.807, 2.05) is 0 Å². The van der Waals surface area contributed by atoms with Gasteiger partial charge in [-0.1, -0.05) is 18.2 Å². The summed E-state index contributed by atoms with van der Waals surface area (Å²) in [5, 5.41) is 11.7. The van der Waals surface area contributed by atoms with Crippen molar-refractivity contribution in [2.45, 2.75) is 19.3 Å². The van der Waals surface area contributed by atoms with E-state index in [1.165, 1.54) is 11.0 Å². The molecule has 2 amide bonds. The van der Waals surface area contributed by atoms with Crippen LogP contribution in [0.5, 0.6) is 0 Å². The number of likely N-dealkylation sites (tertiary alicyclic amines) is 1. The lowest BCUT2D eigenvalue weighted by molar-refractivity contribution is -0.143. The van der Waals surface area contributed by atoms with Gasteiger partial charge in [0.25, 0.3) is 0 Å². The molecule has 2 N–H and O–H groups in total. The molecule has 1 aromatic rings. The molecule has 1 fully saturated rings. The van der Waals surface area contributed by atoms with E-state index in [0.29, 0.717) is 37.9 Å². The second-order valence-corrected chi connectivity index (χ2v) is 5.20. The third-order valence-corrected chi connectivity index (χ3v) is 3.69. The maximum atomic E-state index is 13.4. The van der Waals surface area contributed by atoms with Crippen LogP contribution in [0.1, 0.15) is 18.4 Å². The first-order valence-corrected chi connectivity index (χ1v) is 7.07. The Hall–Kier alpha value is -2.11. The summed E-state index contributed by atoms with van der Waals surface area (Å²) in [6.45, 7) is 1.13. The predicted octanol–water partition coefficient (Wildman–Crippen LogP) is 1.87. The van der Waals surface area contributed by atoms with E-state index >= 15 is 0 Å². The zero-order chi connectivity index (χ0) is 15.2. The van der Waals surface area contributed by atoms with Gasteiger partial charge in [0.1, 0.15) is 5.82 Å². The Labute approximate surface area is 122 Å². The lowest BCUT2D eigenvalue weighted by atomic mass is 9.99. The van der Waals surface area contributed by atoms with E-state index < -0.39 is 11.9 Å². The standard InChI is InChI=1S/C15H19FN2O3/c16-13-6-2-1-4-11(13)7-8-17-15(21)18-9-3-5-12(10-18)14(19)20/h1-2,4,6,12H,3,5,7-10H2,(H,17,21)(H,19,20)/t12-/m0/s1. The third kappa shape index (κ3) is 4.18. The number of piperidine rings is 1. The highest BCUT2D eigenvalue weighted by Crippen LogP contribution is 2.16. The van der Waals surface area contributed by atoms with Crippen LogP contribution >= 0.6 is 0 Å². The lowest BCUT2D eigenvalue weighted by Crippen LogP contribution is -2.47. The fourth-order valence-electron chi connectivity index (χ4n) is 2.48. The Kier molecular flexibility index (Phi) is 5.14. The van der Waals surface area contributed by atoms with Gasteiger partial charge in [0.05, 0.1) is 5.92 Å². The minimum atomic E-state index is -0.862. The largest absolute Gasteiger partial charge is 0.481 e. The summed E-state index contributed by atoms with van der Waals surface area (Å²) in [5.74, 6) is -1.63. The number of aliphatic carboxylic acids is 1. The van der Waals surface area contributed by atoms with Crippen LogP contribution in [0.4, 0.5) is 9.18 Å². The monoisotopic (exact) mass is 294 g/mol. The summed E-state index contributed by atoms with van der Waals surface area (Å²) in [6.07, 6.45) is 1.71. The molecule has 1 aliphatic rings. The number of amides is 2. The van der Waals surface area contributed by atoms with Gasteiger partial charge in [-0.15, -0.1) is 0 Å². The van der Waals surface area contributed by atoms with Crippen molar-refractivity contribution in [1.29, 1.82) is 0 Å². The van der Waals surface area contributed by atoms with Crippen molar-refractivity contribution in [2.75, 3.05) is 19.6 Å². The third-order valence-electron chi connectivity index (χ3n) is 3.69. The fourth-order valence-corrected chi connectivity index (χ4v) is 2.48. The molecule has 1 aromatic carbocycles. The molecule has 2 rings (SSSR count). The maximum Gasteiger partial charge on any atom is 0.317 e. The van der Waals surface area contributed by atoms with Gasteiger partial charge in [-0.3, -0.25) is 4.79 Å². The number of nitrogens with one attached hydrogen (secondary N) is 1.